The number of nitrogens with zero attached hydrogens (tertiary/aromatic N) is 2. The van der Waals surface area contributed by atoms with E-state index in [2.05, 4.69) is 4.98 Å². The first-order valence-electron chi connectivity index (χ1n) is 6.62. The number of hydrogen-bond donors (Lipinski definition) is 1. The average Bonchev–Trinajstić information content (AvgIpc) is 2.47. The summed E-state index contributed by atoms with van der Waals surface area (Å²) in [4.78, 5) is 17.1. The number of halogens is 1. The van der Waals surface area contributed by atoms with Gasteiger partial charge in [-0.25, -0.2) is 9.37 Å². The van der Waals surface area contributed by atoms with Crippen LogP contribution in [0.25, 0.3) is 16.6 Å². The molecule has 0 spiro atoms. The molecule has 2 N–H and O–H groups in total. The smallest absolute Gasteiger partial charge is 0.269 e. The summed E-state index contributed by atoms with van der Waals surface area (Å²) in [5.41, 5.74) is 6.42. The molecule has 1 aromatic heterocycles. The zero-order valence-corrected chi connectivity index (χ0v) is 11.5. The molecule has 1 atom stereocenters. The maximum Gasteiger partial charge on any atom is 0.269 e. The van der Waals surface area contributed by atoms with Crippen LogP contribution in [-0.4, -0.2) is 9.55 Å². The summed E-state index contributed by atoms with van der Waals surface area (Å²) in [5, 5.41) is -0.0225. The van der Waals surface area contributed by atoms with Crippen molar-refractivity contribution in [3.05, 3.63) is 70.5 Å². The van der Waals surface area contributed by atoms with Crippen LogP contribution in [-0.2, 0) is 0 Å². The highest BCUT2D eigenvalue weighted by Crippen LogP contribution is 2.18. The largest absolute Gasteiger partial charge is 0.322 e. The van der Waals surface area contributed by atoms with Gasteiger partial charge in [0.2, 0.25) is 0 Å². The van der Waals surface area contributed by atoms with Gasteiger partial charge in [0.15, 0.2) is 0 Å². The fourth-order valence-electron chi connectivity index (χ4n) is 2.34. The highest BCUT2D eigenvalue weighted by Gasteiger charge is 2.17. The zero-order chi connectivity index (χ0) is 15.0. The van der Waals surface area contributed by atoms with Gasteiger partial charge in [-0.05, 0) is 31.2 Å². The van der Waals surface area contributed by atoms with Gasteiger partial charge in [-0.2, -0.15) is 0 Å². The van der Waals surface area contributed by atoms with Crippen LogP contribution in [0.2, 0.25) is 0 Å². The van der Waals surface area contributed by atoms with Gasteiger partial charge in [0.1, 0.15) is 17.0 Å². The maximum absolute atomic E-state index is 14.0. The van der Waals surface area contributed by atoms with E-state index in [-0.39, 0.29) is 5.39 Å². The molecule has 3 aromatic rings. The van der Waals surface area contributed by atoms with E-state index in [0.717, 1.165) is 0 Å². The average molecular weight is 283 g/mol. The minimum Gasteiger partial charge on any atom is -0.322 e. The molecule has 0 aliphatic heterocycles. The number of aromatic nitrogens is 2. The Balaban J connectivity index is 2.47. The van der Waals surface area contributed by atoms with Crippen LogP contribution in [0, 0.1) is 5.82 Å². The minimum atomic E-state index is -0.578. The van der Waals surface area contributed by atoms with E-state index in [1.165, 1.54) is 16.7 Å². The van der Waals surface area contributed by atoms with E-state index >= 15 is 0 Å². The van der Waals surface area contributed by atoms with E-state index in [1.807, 2.05) is 6.07 Å². The monoisotopic (exact) mass is 283 g/mol. The highest BCUT2D eigenvalue weighted by molar-refractivity contribution is 5.78. The van der Waals surface area contributed by atoms with Crippen LogP contribution < -0.4 is 11.3 Å². The molecular weight excluding hydrogens is 269 g/mol. The summed E-state index contributed by atoms with van der Waals surface area (Å²) < 4.78 is 15.4. The molecule has 0 unspecified atom stereocenters. The summed E-state index contributed by atoms with van der Waals surface area (Å²) in [6, 6.07) is 12.9. The molecule has 0 bridgehead atoms. The number of rotatable bonds is 2. The predicted octanol–water partition coefficient (Wildman–Crippen LogP) is 2.54. The van der Waals surface area contributed by atoms with Gasteiger partial charge < -0.3 is 5.73 Å². The first-order valence-corrected chi connectivity index (χ1v) is 6.62. The molecule has 0 fully saturated rings. The number of hydrogen-bond acceptors (Lipinski definition) is 3. The molecule has 21 heavy (non-hydrogen) atoms. The Bertz CT molecular complexity index is 857. The van der Waals surface area contributed by atoms with Crippen molar-refractivity contribution >= 4 is 10.9 Å². The van der Waals surface area contributed by atoms with Crippen molar-refractivity contribution < 1.29 is 4.39 Å². The van der Waals surface area contributed by atoms with Crippen molar-refractivity contribution in [2.24, 2.45) is 5.73 Å². The second-order valence-corrected chi connectivity index (χ2v) is 4.87. The molecule has 0 aliphatic rings. The molecule has 0 amide bonds. The third kappa shape index (κ3) is 2.21. The highest BCUT2D eigenvalue weighted by atomic mass is 19.1. The number of nitrogens with two attached hydrogens (primary N) is 1. The number of fused-ring (bicyclic) bond motifs is 1. The van der Waals surface area contributed by atoms with Gasteiger partial charge in [0, 0.05) is 0 Å². The SMILES string of the molecule is C[C@H](N)c1nc2cccc(F)c2c(=O)n1-c1ccccc1. The van der Waals surface area contributed by atoms with Crippen LogP contribution in [0.3, 0.4) is 0 Å². The van der Waals surface area contributed by atoms with E-state index < -0.39 is 17.4 Å². The second kappa shape index (κ2) is 5.10. The van der Waals surface area contributed by atoms with Gasteiger partial charge >= 0.3 is 0 Å². The Kier molecular flexibility index (Phi) is 3.27. The van der Waals surface area contributed by atoms with Gasteiger partial charge in [0.25, 0.3) is 5.56 Å². The molecule has 1 heterocycles. The summed E-state index contributed by atoms with van der Waals surface area (Å²) >= 11 is 0. The Hall–Kier alpha value is -2.53. The van der Waals surface area contributed by atoms with Crippen LogP contribution in [0.4, 0.5) is 4.39 Å². The second-order valence-electron chi connectivity index (χ2n) is 4.87. The van der Waals surface area contributed by atoms with E-state index in [4.69, 9.17) is 5.73 Å². The lowest BCUT2D eigenvalue weighted by Gasteiger charge is -2.16. The Morgan fingerprint density at radius 1 is 1.14 bits per heavy atom. The lowest BCUT2D eigenvalue weighted by Crippen LogP contribution is -2.28. The molecule has 4 nitrogen and oxygen atoms in total. The number of para-hydroxylation sites is 1. The number of benzene rings is 2. The Morgan fingerprint density at radius 2 is 1.86 bits per heavy atom. The molecule has 2 aromatic carbocycles. The van der Waals surface area contributed by atoms with Crippen LogP contribution in [0.1, 0.15) is 18.8 Å². The third-order valence-electron chi connectivity index (χ3n) is 3.29. The summed E-state index contributed by atoms with van der Waals surface area (Å²) in [6.45, 7) is 1.74. The predicted molar refractivity (Wildman–Crippen MR) is 79.9 cm³/mol. The van der Waals surface area contributed by atoms with Crippen molar-refractivity contribution in [1.82, 2.24) is 9.55 Å². The summed E-state index contributed by atoms with van der Waals surface area (Å²) in [5.74, 6) is -0.171. The van der Waals surface area contributed by atoms with Crippen LogP contribution >= 0.6 is 0 Å². The van der Waals surface area contributed by atoms with Crippen molar-refractivity contribution in [3.63, 3.8) is 0 Å². The molecule has 0 saturated heterocycles. The first-order chi connectivity index (χ1) is 10.1. The van der Waals surface area contributed by atoms with Gasteiger partial charge in [0.05, 0.1) is 17.2 Å². The molecular formula is C16H14FN3O. The first kappa shape index (κ1) is 13.5. The Labute approximate surface area is 120 Å². The molecule has 0 radical (unpaired) electrons. The zero-order valence-electron chi connectivity index (χ0n) is 11.5. The van der Waals surface area contributed by atoms with Gasteiger partial charge in [-0.1, -0.05) is 24.3 Å². The quantitative estimate of drug-likeness (QED) is 0.786. The maximum atomic E-state index is 14.0. The standard InChI is InChI=1S/C16H14FN3O/c1-10(18)15-19-13-9-5-8-12(17)14(13)16(21)20(15)11-6-3-2-4-7-11/h2-10H,18H2,1H3/t10-/m0/s1. The summed E-state index contributed by atoms with van der Waals surface area (Å²) in [6.07, 6.45) is 0. The van der Waals surface area contributed by atoms with Crippen molar-refractivity contribution in [3.8, 4) is 5.69 Å². The van der Waals surface area contributed by atoms with Crippen molar-refractivity contribution in [1.29, 1.82) is 0 Å². The third-order valence-corrected chi connectivity index (χ3v) is 3.29. The Morgan fingerprint density at radius 3 is 2.52 bits per heavy atom. The van der Waals surface area contributed by atoms with E-state index in [1.54, 1.807) is 37.3 Å². The topological polar surface area (TPSA) is 60.9 Å². The van der Waals surface area contributed by atoms with Crippen LogP contribution in [0.5, 0.6) is 0 Å². The molecule has 3 rings (SSSR count). The van der Waals surface area contributed by atoms with Crippen molar-refractivity contribution in [2.45, 2.75) is 13.0 Å². The fraction of sp³-hybridized carbons (Fsp3) is 0.125. The van der Waals surface area contributed by atoms with E-state index in [0.29, 0.717) is 17.0 Å². The molecule has 5 heteroatoms. The van der Waals surface area contributed by atoms with Crippen molar-refractivity contribution in [2.75, 3.05) is 0 Å². The summed E-state index contributed by atoms with van der Waals surface area (Å²) in [7, 11) is 0. The van der Waals surface area contributed by atoms with E-state index in [9.17, 15) is 9.18 Å². The van der Waals surface area contributed by atoms with Crippen LogP contribution in [0.15, 0.2) is 53.3 Å². The lowest BCUT2D eigenvalue weighted by atomic mass is 10.2. The normalized spacial score (nSPS) is 12.5. The minimum absolute atomic E-state index is 0.0225. The molecule has 0 saturated carbocycles. The van der Waals surface area contributed by atoms with Gasteiger partial charge in [-0.3, -0.25) is 9.36 Å². The fourth-order valence-corrected chi connectivity index (χ4v) is 2.34. The molecule has 0 aliphatic carbocycles. The molecule has 106 valence electrons. The van der Waals surface area contributed by atoms with Gasteiger partial charge in [-0.15, -0.1) is 0 Å². The lowest BCUT2D eigenvalue weighted by molar-refractivity contribution is 0.633.